The van der Waals surface area contributed by atoms with Gasteiger partial charge in [-0.1, -0.05) is 11.2 Å². The molecule has 1 aliphatic heterocycles. The van der Waals surface area contributed by atoms with Crippen molar-refractivity contribution in [1.29, 1.82) is 0 Å². The molecule has 3 heterocycles. The fourth-order valence-corrected chi connectivity index (χ4v) is 4.34. The van der Waals surface area contributed by atoms with Crippen LogP contribution < -0.4 is 0 Å². The van der Waals surface area contributed by atoms with E-state index in [-0.39, 0.29) is 30.8 Å². The summed E-state index contributed by atoms with van der Waals surface area (Å²) in [5.41, 5.74) is 0.669. The van der Waals surface area contributed by atoms with Crippen molar-refractivity contribution in [1.82, 2.24) is 35.2 Å². The second-order valence-electron chi connectivity index (χ2n) is 9.28. The summed E-state index contributed by atoms with van der Waals surface area (Å²) in [5, 5.41) is 15.4. The molecule has 0 aliphatic carbocycles. The molecule has 13 heteroatoms. The first kappa shape index (κ1) is 27.0. The Morgan fingerprint density at radius 2 is 1.92 bits per heavy atom. The molecule has 1 saturated heterocycles. The van der Waals surface area contributed by atoms with E-state index < -0.39 is 11.7 Å². The molecule has 38 heavy (non-hydrogen) atoms. The standard InChI is InChI=1S/C25H28F3N7O3/c1-16-12-22(38-31-16)14-24(37)33(3)21-8-10-34(11-9-21)23(36)7-5-18-4-6-20(25(26,27)28)13-19(18)15-35-30-17(2)29-32-35/h4-7,12-13,21H,8-11,14-15H2,1-3H3/b7-5+. The molecular formula is C25H28F3N7O3. The second-order valence-corrected chi connectivity index (χ2v) is 9.28. The van der Waals surface area contributed by atoms with E-state index in [4.69, 9.17) is 4.52 Å². The number of carbonyl (C=O) groups is 2. The molecule has 3 aromatic rings. The van der Waals surface area contributed by atoms with E-state index in [1.165, 1.54) is 23.0 Å². The summed E-state index contributed by atoms with van der Waals surface area (Å²) in [4.78, 5) is 30.0. The highest BCUT2D eigenvalue weighted by Crippen LogP contribution is 2.31. The zero-order chi connectivity index (χ0) is 27.4. The topological polar surface area (TPSA) is 110 Å². The van der Waals surface area contributed by atoms with E-state index in [9.17, 15) is 22.8 Å². The Balaban J connectivity index is 1.38. The molecule has 4 rings (SSSR count). The number of amides is 2. The van der Waals surface area contributed by atoms with Gasteiger partial charge in [0.2, 0.25) is 11.8 Å². The van der Waals surface area contributed by atoms with Crippen LogP contribution in [-0.2, 0) is 28.7 Å². The zero-order valence-corrected chi connectivity index (χ0v) is 21.3. The molecule has 0 atom stereocenters. The predicted molar refractivity (Wildman–Crippen MR) is 129 cm³/mol. The van der Waals surface area contributed by atoms with Crippen LogP contribution in [0.3, 0.4) is 0 Å². The highest BCUT2D eigenvalue weighted by atomic mass is 19.4. The number of benzene rings is 1. The molecule has 10 nitrogen and oxygen atoms in total. The van der Waals surface area contributed by atoms with Gasteiger partial charge in [-0.3, -0.25) is 9.59 Å². The second kappa shape index (κ2) is 11.2. The van der Waals surface area contributed by atoms with E-state index in [0.717, 1.165) is 12.1 Å². The molecule has 1 aromatic carbocycles. The number of likely N-dealkylation sites (tertiary alicyclic amines) is 1. The average Bonchev–Trinajstić information content (AvgIpc) is 3.48. The molecule has 0 bridgehead atoms. The molecule has 0 saturated carbocycles. The summed E-state index contributed by atoms with van der Waals surface area (Å²) < 4.78 is 45.0. The van der Waals surface area contributed by atoms with Gasteiger partial charge < -0.3 is 14.3 Å². The first-order valence-electron chi connectivity index (χ1n) is 12.1. The first-order chi connectivity index (χ1) is 18.0. The van der Waals surface area contributed by atoms with E-state index in [1.54, 1.807) is 36.8 Å². The van der Waals surface area contributed by atoms with Crippen molar-refractivity contribution in [3.8, 4) is 0 Å². The normalized spacial score (nSPS) is 14.8. The Hall–Kier alpha value is -4.03. The summed E-state index contributed by atoms with van der Waals surface area (Å²) in [5.74, 6) is 0.565. The summed E-state index contributed by atoms with van der Waals surface area (Å²) in [6.07, 6.45) is -0.306. The van der Waals surface area contributed by atoms with Crippen LogP contribution in [0.2, 0.25) is 0 Å². The number of alkyl halides is 3. The minimum atomic E-state index is -4.51. The Labute approximate surface area is 217 Å². The van der Waals surface area contributed by atoms with Crippen molar-refractivity contribution in [2.24, 2.45) is 0 Å². The van der Waals surface area contributed by atoms with Crippen LogP contribution in [0, 0.1) is 13.8 Å². The van der Waals surface area contributed by atoms with Gasteiger partial charge >= 0.3 is 6.18 Å². The van der Waals surface area contributed by atoms with Crippen molar-refractivity contribution < 1.29 is 27.3 Å². The summed E-state index contributed by atoms with van der Waals surface area (Å²) in [6.45, 7) is 4.29. The third-order valence-corrected chi connectivity index (χ3v) is 6.46. The van der Waals surface area contributed by atoms with Crippen LogP contribution in [0.4, 0.5) is 13.2 Å². The SMILES string of the molecule is Cc1cc(CC(=O)N(C)C2CCN(C(=O)/C=C/c3ccc(C(F)(F)F)cc3Cn3nnc(C)n3)CC2)on1. The number of aryl methyl sites for hydroxylation is 2. The van der Waals surface area contributed by atoms with Crippen LogP contribution in [0.15, 0.2) is 34.9 Å². The number of hydrogen-bond donors (Lipinski definition) is 0. The zero-order valence-electron chi connectivity index (χ0n) is 21.3. The average molecular weight is 532 g/mol. The van der Waals surface area contributed by atoms with Crippen LogP contribution in [0.5, 0.6) is 0 Å². The van der Waals surface area contributed by atoms with Crippen LogP contribution in [0.1, 0.15) is 46.8 Å². The fraction of sp³-hybridized carbons (Fsp3) is 0.440. The van der Waals surface area contributed by atoms with Gasteiger partial charge in [0.25, 0.3) is 0 Å². The molecule has 0 N–H and O–H groups in total. The lowest BCUT2D eigenvalue weighted by Gasteiger charge is -2.36. The fourth-order valence-electron chi connectivity index (χ4n) is 4.34. The quantitative estimate of drug-likeness (QED) is 0.431. The lowest BCUT2D eigenvalue weighted by atomic mass is 10.0. The van der Waals surface area contributed by atoms with Gasteiger partial charge in [0.05, 0.1) is 24.2 Å². The minimum absolute atomic E-state index is 0.0142. The van der Waals surface area contributed by atoms with Gasteiger partial charge in [-0.2, -0.15) is 18.0 Å². The number of rotatable bonds is 7. The van der Waals surface area contributed by atoms with Crippen molar-refractivity contribution in [3.63, 3.8) is 0 Å². The maximum absolute atomic E-state index is 13.3. The molecule has 0 radical (unpaired) electrons. The highest BCUT2D eigenvalue weighted by molar-refractivity contribution is 5.92. The Morgan fingerprint density at radius 1 is 1.18 bits per heavy atom. The summed E-state index contributed by atoms with van der Waals surface area (Å²) in [6, 6.07) is 5.05. The van der Waals surface area contributed by atoms with E-state index in [1.807, 2.05) is 0 Å². The van der Waals surface area contributed by atoms with Crippen molar-refractivity contribution in [2.45, 2.75) is 51.9 Å². The van der Waals surface area contributed by atoms with Crippen LogP contribution >= 0.6 is 0 Å². The molecule has 2 aromatic heterocycles. The minimum Gasteiger partial charge on any atom is -0.361 e. The lowest BCUT2D eigenvalue weighted by Crippen LogP contribution is -2.47. The van der Waals surface area contributed by atoms with Gasteiger partial charge in [0.1, 0.15) is 5.76 Å². The maximum atomic E-state index is 13.3. The number of halogens is 3. The number of tetrazole rings is 1. The molecule has 0 spiro atoms. The number of nitrogens with zero attached hydrogens (tertiary/aromatic N) is 7. The smallest absolute Gasteiger partial charge is 0.361 e. The molecule has 1 aliphatic rings. The van der Waals surface area contributed by atoms with Crippen LogP contribution in [-0.4, -0.2) is 73.2 Å². The third-order valence-electron chi connectivity index (χ3n) is 6.46. The maximum Gasteiger partial charge on any atom is 0.416 e. The van der Waals surface area contributed by atoms with Gasteiger partial charge in [-0.15, -0.1) is 10.2 Å². The molecule has 2 amide bonds. The Kier molecular flexibility index (Phi) is 7.93. The molecule has 0 unspecified atom stereocenters. The summed E-state index contributed by atoms with van der Waals surface area (Å²) in [7, 11) is 1.74. The van der Waals surface area contributed by atoms with Crippen molar-refractivity contribution in [3.05, 3.63) is 64.3 Å². The van der Waals surface area contributed by atoms with Gasteiger partial charge in [0, 0.05) is 38.3 Å². The van der Waals surface area contributed by atoms with Gasteiger partial charge in [-0.25, -0.2) is 0 Å². The summed E-state index contributed by atoms with van der Waals surface area (Å²) >= 11 is 0. The number of hydrogen-bond acceptors (Lipinski definition) is 7. The van der Waals surface area contributed by atoms with Crippen LogP contribution in [0.25, 0.3) is 6.08 Å². The van der Waals surface area contributed by atoms with Crippen molar-refractivity contribution in [2.75, 3.05) is 20.1 Å². The van der Waals surface area contributed by atoms with Crippen molar-refractivity contribution >= 4 is 17.9 Å². The predicted octanol–water partition coefficient (Wildman–Crippen LogP) is 3.05. The molecular weight excluding hydrogens is 503 g/mol. The lowest BCUT2D eigenvalue weighted by molar-refractivity contribution is -0.137. The highest BCUT2D eigenvalue weighted by Gasteiger charge is 2.31. The third kappa shape index (κ3) is 6.64. The monoisotopic (exact) mass is 531 g/mol. The largest absolute Gasteiger partial charge is 0.416 e. The first-order valence-corrected chi connectivity index (χ1v) is 12.1. The Bertz CT molecular complexity index is 1320. The van der Waals surface area contributed by atoms with Gasteiger partial charge in [-0.05, 0) is 61.2 Å². The van der Waals surface area contributed by atoms with E-state index in [2.05, 4.69) is 20.6 Å². The number of likely N-dealkylation sites (N-methyl/N-ethyl adjacent to an activating group) is 1. The molecule has 1 fully saturated rings. The molecule has 202 valence electrons. The number of aromatic nitrogens is 5. The number of piperidine rings is 1. The number of carbonyl (C=O) groups excluding carboxylic acids is 2. The van der Waals surface area contributed by atoms with E-state index >= 15 is 0 Å². The Morgan fingerprint density at radius 3 is 2.53 bits per heavy atom. The van der Waals surface area contributed by atoms with Gasteiger partial charge in [0.15, 0.2) is 5.82 Å². The van der Waals surface area contributed by atoms with E-state index in [0.29, 0.717) is 54.3 Å².